The third-order valence-electron chi connectivity index (χ3n) is 2.81. The van der Waals surface area contributed by atoms with Crippen LogP contribution < -0.4 is 11.1 Å². The molecule has 0 spiro atoms. The molecule has 1 atom stereocenters. The van der Waals surface area contributed by atoms with Gasteiger partial charge in [-0.25, -0.2) is 4.98 Å². The molecule has 1 aromatic carbocycles. The van der Waals surface area contributed by atoms with Crippen molar-refractivity contribution >= 4 is 23.2 Å². The van der Waals surface area contributed by atoms with Crippen molar-refractivity contribution in [2.75, 3.05) is 5.32 Å². The SMILES string of the molecule is C[C@@H](Nc1cc(Cl)ncc1C(N)=O)c1ccccc1. The molecule has 0 unspecified atom stereocenters. The van der Waals surface area contributed by atoms with E-state index in [9.17, 15) is 4.79 Å². The summed E-state index contributed by atoms with van der Waals surface area (Å²) in [4.78, 5) is 15.2. The first kappa shape index (κ1) is 13.4. The Labute approximate surface area is 116 Å². The molecular weight excluding hydrogens is 262 g/mol. The summed E-state index contributed by atoms with van der Waals surface area (Å²) in [6, 6.07) is 11.5. The van der Waals surface area contributed by atoms with Crippen LogP contribution in [-0.4, -0.2) is 10.9 Å². The lowest BCUT2D eigenvalue weighted by Crippen LogP contribution is -2.16. The molecule has 0 aliphatic heterocycles. The summed E-state index contributed by atoms with van der Waals surface area (Å²) in [7, 11) is 0. The Hall–Kier alpha value is -2.07. The number of amides is 1. The molecule has 0 saturated carbocycles. The minimum Gasteiger partial charge on any atom is -0.378 e. The van der Waals surface area contributed by atoms with Crippen molar-refractivity contribution in [1.29, 1.82) is 0 Å². The van der Waals surface area contributed by atoms with E-state index in [1.807, 2.05) is 37.3 Å². The summed E-state index contributed by atoms with van der Waals surface area (Å²) in [6.07, 6.45) is 1.38. The molecule has 98 valence electrons. The second-order valence-corrected chi connectivity index (χ2v) is 4.58. The van der Waals surface area contributed by atoms with Crippen LogP contribution in [0, 0.1) is 0 Å². The summed E-state index contributed by atoms with van der Waals surface area (Å²) in [5.74, 6) is -0.535. The van der Waals surface area contributed by atoms with Crippen LogP contribution in [0.15, 0.2) is 42.6 Å². The highest BCUT2D eigenvalue weighted by molar-refractivity contribution is 6.29. The first-order valence-corrected chi connectivity index (χ1v) is 6.22. The van der Waals surface area contributed by atoms with Crippen molar-refractivity contribution in [3.63, 3.8) is 0 Å². The fourth-order valence-corrected chi connectivity index (χ4v) is 1.96. The number of halogens is 1. The number of carbonyl (C=O) groups excluding carboxylic acids is 1. The number of hydrogen-bond acceptors (Lipinski definition) is 3. The number of anilines is 1. The summed E-state index contributed by atoms with van der Waals surface area (Å²) >= 11 is 5.85. The fraction of sp³-hybridized carbons (Fsp3) is 0.143. The number of nitrogens with two attached hydrogens (primary N) is 1. The van der Waals surface area contributed by atoms with Gasteiger partial charge in [-0.05, 0) is 18.6 Å². The standard InChI is InChI=1S/C14H14ClN3O/c1-9(10-5-3-2-4-6-10)18-12-7-13(15)17-8-11(12)14(16)19/h2-9H,1H3,(H2,16,19)(H,17,18)/t9-/m1/s1. The Bertz CT molecular complexity index is 586. The van der Waals surface area contributed by atoms with Crippen LogP contribution in [-0.2, 0) is 0 Å². The maximum Gasteiger partial charge on any atom is 0.252 e. The lowest BCUT2D eigenvalue weighted by Gasteiger charge is -2.17. The third kappa shape index (κ3) is 3.23. The number of pyridine rings is 1. The molecule has 3 N–H and O–H groups in total. The van der Waals surface area contributed by atoms with E-state index in [1.54, 1.807) is 6.07 Å². The van der Waals surface area contributed by atoms with E-state index < -0.39 is 5.91 Å². The lowest BCUT2D eigenvalue weighted by molar-refractivity contribution is 0.100. The first-order chi connectivity index (χ1) is 9.08. The summed E-state index contributed by atoms with van der Waals surface area (Å²) < 4.78 is 0. The average molecular weight is 276 g/mol. The van der Waals surface area contributed by atoms with E-state index >= 15 is 0 Å². The molecule has 0 aliphatic carbocycles. The third-order valence-corrected chi connectivity index (χ3v) is 3.01. The van der Waals surface area contributed by atoms with Crippen molar-refractivity contribution in [1.82, 2.24) is 4.98 Å². The van der Waals surface area contributed by atoms with Crippen LogP contribution in [0.1, 0.15) is 28.9 Å². The van der Waals surface area contributed by atoms with E-state index in [4.69, 9.17) is 17.3 Å². The van der Waals surface area contributed by atoms with Crippen molar-refractivity contribution in [2.24, 2.45) is 5.73 Å². The van der Waals surface area contributed by atoms with Crippen molar-refractivity contribution < 1.29 is 4.79 Å². The molecule has 4 nitrogen and oxygen atoms in total. The minimum atomic E-state index is -0.535. The van der Waals surface area contributed by atoms with Crippen LogP contribution in [0.2, 0.25) is 5.15 Å². The van der Waals surface area contributed by atoms with Gasteiger partial charge < -0.3 is 11.1 Å². The predicted molar refractivity (Wildman–Crippen MR) is 76.2 cm³/mol. The second-order valence-electron chi connectivity index (χ2n) is 4.19. The summed E-state index contributed by atoms with van der Waals surface area (Å²) in [6.45, 7) is 1.99. The van der Waals surface area contributed by atoms with Crippen LogP contribution in [0.25, 0.3) is 0 Å². The Balaban J connectivity index is 2.28. The molecule has 1 amide bonds. The van der Waals surface area contributed by atoms with Gasteiger partial charge in [0.15, 0.2) is 0 Å². The lowest BCUT2D eigenvalue weighted by atomic mass is 10.1. The molecule has 5 heteroatoms. The molecule has 0 aliphatic rings. The largest absolute Gasteiger partial charge is 0.378 e. The van der Waals surface area contributed by atoms with Gasteiger partial charge in [0.25, 0.3) is 5.91 Å². The van der Waals surface area contributed by atoms with Crippen molar-refractivity contribution in [3.05, 3.63) is 58.9 Å². The van der Waals surface area contributed by atoms with E-state index in [1.165, 1.54) is 6.20 Å². The normalized spacial score (nSPS) is 11.9. The van der Waals surface area contributed by atoms with Gasteiger partial charge in [-0.1, -0.05) is 41.9 Å². The van der Waals surface area contributed by atoms with Crippen molar-refractivity contribution in [2.45, 2.75) is 13.0 Å². The zero-order valence-corrected chi connectivity index (χ0v) is 11.2. The molecule has 2 rings (SSSR count). The molecule has 0 fully saturated rings. The highest BCUT2D eigenvalue weighted by atomic mass is 35.5. The first-order valence-electron chi connectivity index (χ1n) is 5.84. The topological polar surface area (TPSA) is 68.0 Å². The number of aromatic nitrogens is 1. The number of rotatable bonds is 4. The number of hydrogen-bond donors (Lipinski definition) is 2. The van der Waals surface area contributed by atoms with Crippen LogP contribution in [0.5, 0.6) is 0 Å². The highest BCUT2D eigenvalue weighted by Crippen LogP contribution is 2.24. The van der Waals surface area contributed by atoms with E-state index in [0.29, 0.717) is 16.4 Å². The molecule has 2 aromatic rings. The maximum atomic E-state index is 11.4. The summed E-state index contributed by atoms with van der Waals surface area (Å²) in [5, 5.41) is 3.54. The Morgan fingerprint density at radius 1 is 1.37 bits per heavy atom. The van der Waals surface area contributed by atoms with Gasteiger partial charge >= 0.3 is 0 Å². The van der Waals surface area contributed by atoms with E-state index in [0.717, 1.165) is 5.56 Å². The predicted octanol–water partition coefficient (Wildman–Crippen LogP) is 3.01. The average Bonchev–Trinajstić information content (AvgIpc) is 2.39. The quantitative estimate of drug-likeness (QED) is 0.843. The van der Waals surface area contributed by atoms with Gasteiger partial charge in [0, 0.05) is 12.2 Å². The number of benzene rings is 1. The monoisotopic (exact) mass is 275 g/mol. The number of nitrogens with zero attached hydrogens (tertiary/aromatic N) is 1. The van der Waals surface area contributed by atoms with Crippen LogP contribution in [0.4, 0.5) is 5.69 Å². The molecule has 0 radical (unpaired) electrons. The fourth-order valence-electron chi connectivity index (χ4n) is 1.80. The molecule has 0 saturated heterocycles. The van der Waals surface area contributed by atoms with Crippen LogP contribution in [0.3, 0.4) is 0 Å². The van der Waals surface area contributed by atoms with Crippen LogP contribution >= 0.6 is 11.6 Å². The molecular formula is C14H14ClN3O. The summed E-state index contributed by atoms with van der Waals surface area (Å²) in [5.41, 5.74) is 7.33. The Kier molecular flexibility index (Phi) is 4.02. The van der Waals surface area contributed by atoms with Crippen molar-refractivity contribution in [3.8, 4) is 0 Å². The molecule has 1 heterocycles. The zero-order valence-electron chi connectivity index (χ0n) is 10.4. The number of carbonyl (C=O) groups is 1. The molecule has 1 aromatic heterocycles. The molecule has 19 heavy (non-hydrogen) atoms. The van der Waals surface area contributed by atoms with Gasteiger partial charge in [-0.15, -0.1) is 0 Å². The second kappa shape index (κ2) is 5.71. The Morgan fingerprint density at radius 3 is 2.68 bits per heavy atom. The van der Waals surface area contributed by atoms with Gasteiger partial charge in [0.1, 0.15) is 5.15 Å². The van der Waals surface area contributed by atoms with Gasteiger partial charge in [-0.2, -0.15) is 0 Å². The van der Waals surface area contributed by atoms with E-state index in [-0.39, 0.29) is 6.04 Å². The number of primary amides is 1. The van der Waals surface area contributed by atoms with E-state index in [2.05, 4.69) is 10.3 Å². The Morgan fingerprint density at radius 2 is 2.05 bits per heavy atom. The number of nitrogens with one attached hydrogen (secondary N) is 1. The molecule has 0 bridgehead atoms. The van der Waals surface area contributed by atoms with Gasteiger partial charge in [0.05, 0.1) is 11.3 Å². The van der Waals surface area contributed by atoms with Gasteiger partial charge in [0.2, 0.25) is 0 Å². The highest BCUT2D eigenvalue weighted by Gasteiger charge is 2.12. The van der Waals surface area contributed by atoms with Gasteiger partial charge in [-0.3, -0.25) is 4.79 Å². The zero-order chi connectivity index (χ0) is 13.8. The minimum absolute atomic E-state index is 0.0257. The smallest absolute Gasteiger partial charge is 0.252 e. The maximum absolute atomic E-state index is 11.4.